The van der Waals surface area contributed by atoms with E-state index in [9.17, 15) is 13.2 Å². The molecule has 1 amide bonds. The molecule has 8 heteroatoms. The van der Waals surface area contributed by atoms with Crippen LogP contribution in [0, 0.1) is 5.92 Å². The van der Waals surface area contributed by atoms with Gasteiger partial charge in [0.25, 0.3) is 10.2 Å². The van der Waals surface area contributed by atoms with Crippen molar-refractivity contribution >= 4 is 16.1 Å². The van der Waals surface area contributed by atoms with Crippen LogP contribution in [0.3, 0.4) is 0 Å². The Bertz CT molecular complexity index is 794. The van der Waals surface area contributed by atoms with Crippen molar-refractivity contribution in [2.24, 2.45) is 5.92 Å². The topological polar surface area (TPSA) is 79.0 Å². The Kier molecular flexibility index (Phi) is 6.08. The highest BCUT2D eigenvalue weighted by atomic mass is 32.2. The molecule has 1 fully saturated rings. The highest BCUT2D eigenvalue weighted by Crippen LogP contribution is 2.33. The van der Waals surface area contributed by atoms with Gasteiger partial charge in [0, 0.05) is 27.2 Å². The lowest BCUT2D eigenvalue weighted by molar-refractivity contribution is -0.127. The Balaban J connectivity index is 1.69. The first-order chi connectivity index (χ1) is 12.8. The van der Waals surface area contributed by atoms with Crippen LogP contribution in [-0.4, -0.2) is 57.2 Å². The summed E-state index contributed by atoms with van der Waals surface area (Å²) in [5, 5.41) is 3.17. The molecule has 27 heavy (non-hydrogen) atoms. The van der Waals surface area contributed by atoms with E-state index in [1.165, 1.54) is 28.3 Å². The fraction of sp³-hybridized carbons (Fsp3) is 0.632. The second-order valence-electron chi connectivity index (χ2n) is 7.51. The van der Waals surface area contributed by atoms with E-state index in [0.29, 0.717) is 19.4 Å². The quantitative estimate of drug-likeness (QED) is 0.823. The van der Waals surface area contributed by atoms with Crippen molar-refractivity contribution in [1.29, 1.82) is 0 Å². The molecule has 1 heterocycles. The Morgan fingerprint density at radius 2 is 2.04 bits per heavy atom. The molecule has 1 aliphatic carbocycles. The van der Waals surface area contributed by atoms with Crippen LogP contribution in [0.15, 0.2) is 18.2 Å². The van der Waals surface area contributed by atoms with Crippen molar-refractivity contribution in [3.05, 3.63) is 29.3 Å². The third-order valence-corrected chi connectivity index (χ3v) is 7.43. The van der Waals surface area contributed by atoms with Gasteiger partial charge in [0.05, 0.1) is 19.1 Å². The van der Waals surface area contributed by atoms with Crippen LogP contribution in [0.2, 0.25) is 0 Å². The maximum atomic E-state index is 12.9. The van der Waals surface area contributed by atoms with Gasteiger partial charge >= 0.3 is 0 Å². The molecule has 0 unspecified atom stereocenters. The molecule has 0 saturated carbocycles. The average molecular weight is 396 g/mol. The van der Waals surface area contributed by atoms with Crippen LogP contribution in [0.25, 0.3) is 0 Å². The molecule has 150 valence electrons. The van der Waals surface area contributed by atoms with E-state index in [1.807, 2.05) is 18.2 Å². The number of nitrogens with zero attached hydrogens (tertiary/aromatic N) is 2. The number of hydrogen-bond donors (Lipinski definition) is 1. The van der Waals surface area contributed by atoms with Gasteiger partial charge in [0.1, 0.15) is 5.75 Å². The Labute approximate surface area is 161 Å². The van der Waals surface area contributed by atoms with Gasteiger partial charge < -0.3 is 10.1 Å². The van der Waals surface area contributed by atoms with Crippen molar-refractivity contribution in [2.75, 3.05) is 34.3 Å². The first-order valence-electron chi connectivity index (χ1n) is 9.47. The lowest BCUT2D eigenvalue weighted by Crippen LogP contribution is -2.49. The molecule has 0 bridgehead atoms. The Morgan fingerprint density at radius 1 is 1.26 bits per heavy atom. The minimum Gasteiger partial charge on any atom is -0.497 e. The van der Waals surface area contributed by atoms with E-state index in [4.69, 9.17) is 4.74 Å². The summed E-state index contributed by atoms with van der Waals surface area (Å²) < 4.78 is 32.7. The number of carbonyl (C=O) groups excluding carboxylic acids is 1. The third-order valence-electron chi connectivity index (χ3n) is 5.52. The molecule has 1 aromatic carbocycles. The van der Waals surface area contributed by atoms with Crippen LogP contribution in [0.4, 0.5) is 0 Å². The summed E-state index contributed by atoms with van der Waals surface area (Å²) in [6.45, 7) is 0.713. The summed E-state index contributed by atoms with van der Waals surface area (Å²) in [5.74, 6) is 0.469. The zero-order valence-electron chi connectivity index (χ0n) is 16.3. The molecule has 2 aliphatic rings. The first-order valence-corrected chi connectivity index (χ1v) is 10.9. The summed E-state index contributed by atoms with van der Waals surface area (Å²) in [6, 6.07) is 5.98. The molecule has 2 atom stereocenters. The van der Waals surface area contributed by atoms with E-state index in [2.05, 4.69) is 5.32 Å². The van der Waals surface area contributed by atoms with Crippen LogP contribution in [-0.2, 0) is 21.4 Å². The van der Waals surface area contributed by atoms with Crippen molar-refractivity contribution in [1.82, 2.24) is 13.9 Å². The lowest BCUT2D eigenvalue weighted by atomic mass is 9.87. The predicted octanol–water partition coefficient (Wildman–Crippen LogP) is 1.71. The summed E-state index contributed by atoms with van der Waals surface area (Å²) in [7, 11) is 1.21. The lowest BCUT2D eigenvalue weighted by Gasteiger charge is -2.34. The van der Waals surface area contributed by atoms with Gasteiger partial charge in [0.15, 0.2) is 0 Å². The van der Waals surface area contributed by atoms with Gasteiger partial charge in [-0.2, -0.15) is 17.0 Å². The first kappa shape index (κ1) is 20.1. The highest BCUT2D eigenvalue weighted by Gasteiger charge is 2.34. The summed E-state index contributed by atoms with van der Waals surface area (Å²) in [6.07, 6.45) is 4.31. The molecule has 1 saturated heterocycles. The fourth-order valence-corrected chi connectivity index (χ4v) is 5.14. The van der Waals surface area contributed by atoms with Gasteiger partial charge in [-0.25, -0.2) is 0 Å². The molecule has 0 spiro atoms. The highest BCUT2D eigenvalue weighted by molar-refractivity contribution is 7.86. The van der Waals surface area contributed by atoms with E-state index in [0.717, 1.165) is 30.6 Å². The van der Waals surface area contributed by atoms with Crippen molar-refractivity contribution < 1.29 is 17.9 Å². The molecule has 1 aliphatic heterocycles. The van der Waals surface area contributed by atoms with E-state index in [-0.39, 0.29) is 24.4 Å². The number of amides is 1. The third kappa shape index (κ3) is 4.28. The van der Waals surface area contributed by atoms with Crippen LogP contribution < -0.4 is 10.1 Å². The normalized spacial score (nSPS) is 23.7. The minimum atomic E-state index is -3.48. The van der Waals surface area contributed by atoms with Crippen LogP contribution >= 0.6 is 0 Å². The monoisotopic (exact) mass is 395 g/mol. The fourth-order valence-electron chi connectivity index (χ4n) is 3.95. The number of nitrogens with one attached hydrogen (secondary N) is 1. The number of piperidine rings is 1. The summed E-state index contributed by atoms with van der Waals surface area (Å²) >= 11 is 0. The van der Waals surface area contributed by atoms with Gasteiger partial charge in [-0.15, -0.1) is 0 Å². The zero-order valence-corrected chi connectivity index (χ0v) is 17.1. The van der Waals surface area contributed by atoms with Crippen molar-refractivity contribution in [2.45, 2.75) is 38.1 Å². The second kappa shape index (κ2) is 8.16. The number of fused-ring (bicyclic) bond motifs is 1. The van der Waals surface area contributed by atoms with E-state index in [1.54, 1.807) is 7.11 Å². The molecule has 0 radical (unpaired) electrons. The molecule has 1 aromatic rings. The van der Waals surface area contributed by atoms with Crippen LogP contribution in [0.1, 0.15) is 42.9 Å². The number of methoxy groups -OCH3 is 1. The number of hydrogen-bond acceptors (Lipinski definition) is 4. The van der Waals surface area contributed by atoms with E-state index < -0.39 is 10.2 Å². The van der Waals surface area contributed by atoms with Gasteiger partial charge in [-0.05, 0) is 55.4 Å². The molecule has 3 rings (SSSR count). The number of aryl methyl sites for hydroxylation is 1. The maximum absolute atomic E-state index is 12.9. The minimum absolute atomic E-state index is 0.0204. The number of benzene rings is 1. The number of rotatable bonds is 5. The summed E-state index contributed by atoms with van der Waals surface area (Å²) in [4.78, 5) is 12.9. The number of ether oxygens (including phenoxy) is 1. The Hall–Kier alpha value is -1.64. The molecular formula is C19H29N3O4S. The number of carbonyl (C=O) groups is 1. The smallest absolute Gasteiger partial charge is 0.281 e. The van der Waals surface area contributed by atoms with Crippen LogP contribution in [0.5, 0.6) is 5.75 Å². The van der Waals surface area contributed by atoms with E-state index >= 15 is 0 Å². The summed E-state index contributed by atoms with van der Waals surface area (Å²) in [5.41, 5.74) is 2.36. The molecular weight excluding hydrogens is 366 g/mol. The van der Waals surface area contributed by atoms with Gasteiger partial charge in [-0.1, -0.05) is 6.07 Å². The largest absolute Gasteiger partial charge is 0.497 e. The average Bonchev–Trinajstić information content (AvgIpc) is 2.67. The zero-order chi connectivity index (χ0) is 19.6. The SMILES string of the molecule is COc1ccc2c(c1)CCC[C@H]2NC(=O)[C@@H]1CCCN(S(=O)(=O)N(C)C)C1. The Morgan fingerprint density at radius 3 is 2.74 bits per heavy atom. The molecule has 0 aromatic heterocycles. The van der Waals surface area contributed by atoms with Crippen molar-refractivity contribution in [3.63, 3.8) is 0 Å². The molecule has 1 N–H and O–H groups in total. The predicted molar refractivity (Wildman–Crippen MR) is 104 cm³/mol. The second-order valence-corrected chi connectivity index (χ2v) is 9.65. The van der Waals surface area contributed by atoms with Gasteiger partial charge in [-0.3, -0.25) is 4.79 Å². The van der Waals surface area contributed by atoms with Crippen molar-refractivity contribution in [3.8, 4) is 5.75 Å². The standard InChI is InChI=1S/C19H29N3O4S/c1-21(2)27(24,25)22-11-5-7-15(13-22)19(23)20-18-8-4-6-14-12-16(26-3)9-10-17(14)18/h9-10,12,15,18H,4-8,11,13H2,1-3H3,(H,20,23)/t15-,18-/m1/s1. The molecule has 7 nitrogen and oxygen atoms in total. The maximum Gasteiger partial charge on any atom is 0.281 e. The van der Waals surface area contributed by atoms with Gasteiger partial charge in [0.2, 0.25) is 5.91 Å².